The third-order valence-corrected chi connectivity index (χ3v) is 1.52. The molecule has 3 nitrogen and oxygen atoms in total. The van der Waals surface area contributed by atoms with E-state index < -0.39 is 5.97 Å². The maximum atomic E-state index is 9.51. The number of hydrogen-bond acceptors (Lipinski definition) is 2. The summed E-state index contributed by atoms with van der Waals surface area (Å²) in [6, 6.07) is 0. The fourth-order valence-corrected chi connectivity index (χ4v) is 0.944. The number of allylic oxidation sites excluding steroid dienone is 1. The lowest BCUT2D eigenvalue weighted by molar-refractivity contribution is -0.131. The van der Waals surface area contributed by atoms with Crippen LogP contribution in [0.1, 0.15) is 26.2 Å². The van der Waals surface area contributed by atoms with Gasteiger partial charge in [0, 0.05) is 6.08 Å². The Morgan fingerprint density at radius 3 is 1.92 bits per heavy atom. The average Bonchev–Trinajstić information content (AvgIpc) is 2.08. The quantitative estimate of drug-likeness (QED) is 0.645. The van der Waals surface area contributed by atoms with E-state index in [-0.39, 0.29) is 12.4 Å². The van der Waals surface area contributed by atoms with E-state index in [2.05, 4.69) is 5.32 Å². The standard InChI is InChI=1S/C5H11N.C4H6O2.ClH/c1-2-4-6-5-3-1;1-2-3-4(5)6;/h6H,1-5H2;2-3H,1H3,(H,5,6);1H/b;3-2+;. The molecule has 2 N–H and O–H groups in total. The molecule has 0 saturated carbocycles. The molecule has 1 fully saturated rings. The van der Waals surface area contributed by atoms with Crippen molar-refractivity contribution >= 4 is 18.4 Å². The first-order valence-electron chi connectivity index (χ1n) is 4.33. The topological polar surface area (TPSA) is 49.3 Å². The molecular formula is C9H18ClNO2. The van der Waals surface area contributed by atoms with Gasteiger partial charge in [0.25, 0.3) is 0 Å². The van der Waals surface area contributed by atoms with Crippen LogP contribution in [0.3, 0.4) is 0 Å². The summed E-state index contributed by atoms with van der Waals surface area (Å²) in [5.41, 5.74) is 0. The van der Waals surface area contributed by atoms with E-state index in [1.807, 2.05) is 0 Å². The number of rotatable bonds is 1. The van der Waals surface area contributed by atoms with Crippen molar-refractivity contribution in [1.29, 1.82) is 0 Å². The Labute approximate surface area is 85.6 Å². The minimum atomic E-state index is -0.891. The van der Waals surface area contributed by atoms with E-state index in [1.165, 1.54) is 38.4 Å². The van der Waals surface area contributed by atoms with E-state index in [9.17, 15) is 4.79 Å². The Balaban J connectivity index is 0. The third-order valence-electron chi connectivity index (χ3n) is 1.52. The van der Waals surface area contributed by atoms with Crippen molar-refractivity contribution in [3.8, 4) is 0 Å². The Kier molecular flexibility index (Phi) is 13.2. The number of piperidine rings is 1. The van der Waals surface area contributed by atoms with Gasteiger partial charge < -0.3 is 10.4 Å². The first-order valence-corrected chi connectivity index (χ1v) is 4.33. The zero-order valence-corrected chi connectivity index (χ0v) is 8.77. The maximum absolute atomic E-state index is 9.51. The van der Waals surface area contributed by atoms with Crippen LogP contribution in [0.15, 0.2) is 12.2 Å². The van der Waals surface area contributed by atoms with Crippen LogP contribution in [-0.2, 0) is 4.79 Å². The van der Waals surface area contributed by atoms with Crippen LogP contribution in [0.2, 0.25) is 0 Å². The summed E-state index contributed by atoms with van der Waals surface area (Å²) in [5.74, 6) is -0.891. The van der Waals surface area contributed by atoms with Crippen molar-refractivity contribution < 1.29 is 9.90 Å². The molecule has 0 radical (unpaired) electrons. The Hall–Kier alpha value is -0.540. The Morgan fingerprint density at radius 2 is 1.85 bits per heavy atom. The molecule has 0 aromatic heterocycles. The molecule has 1 rings (SSSR count). The van der Waals surface area contributed by atoms with Gasteiger partial charge in [0.05, 0.1) is 0 Å². The summed E-state index contributed by atoms with van der Waals surface area (Å²) in [4.78, 5) is 9.51. The normalized spacial score (nSPS) is 15.5. The van der Waals surface area contributed by atoms with E-state index in [4.69, 9.17) is 5.11 Å². The maximum Gasteiger partial charge on any atom is 0.327 e. The zero-order valence-electron chi connectivity index (χ0n) is 7.95. The van der Waals surface area contributed by atoms with Crippen LogP contribution in [0, 0.1) is 0 Å². The van der Waals surface area contributed by atoms with Crippen molar-refractivity contribution in [3.63, 3.8) is 0 Å². The highest BCUT2D eigenvalue weighted by Crippen LogP contribution is 1.96. The summed E-state index contributed by atoms with van der Waals surface area (Å²) in [7, 11) is 0. The van der Waals surface area contributed by atoms with Crippen LogP contribution in [0.4, 0.5) is 0 Å². The van der Waals surface area contributed by atoms with Crippen molar-refractivity contribution in [2.45, 2.75) is 26.2 Å². The number of carboxylic acids is 1. The fraction of sp³-hybridized carbons (Fsp3) is 0.667. The highest BCUT2D eigenvalue weighted by Gasteiger charge is 1.93. The monoisotopic (exact) mass is 207 g/mol. The van der Waals surface area contributed by atoms with Gasteiger partial charge in [-0.25, -0.2) is 4.79 Å². The van der Waals surface area contributed by atoms with Crippen molar-refractivity contribution in [2.24, 2.45) is 0 Å². The SMILES string of the molecule is C/C=C/C(=O)O.C1CCNCC1.Cl. The second-order valence-electron chi connectivity index (χ2n) is 2.65. The molecule has 0 amide bonds. The highest BCUT2D eigenvalue weighted by molar-refractivity contribution is 5.85. The van der Waals surface area contributed by atoms with E-state index >= 15 is 0 Å². The first-order chi connectivity index (χ1) is 5.77. The predicted molar refractivity (Wildman–Crippen MR) is 56.4 cm³/mol. The van der Waals surface area contributed by atoms with Gasteiger partial charge in [-0.2, -0.15) is 0 Å². The molecule has 0 aromatic rings. The molecule has 1 aliphatic rings. The number of carbonyl (C=O) groups is 1. The zero-order chi connectivity index (χ0) is 9.23. The summed E-state index contributed by atoms with van der Waals surface area (Å²) in [6.45, 7) is 4.16. The van der Waals surface area contributed by atoms with Gasteiger partial charge in [0.2, 0.25) is 0 Å². The lowest BCUT2D eigenvalue weighted by atomic mass is 10.2. The van der Waals surface area contributed by atoms with Crippen LogP contribution in [0.25, 0.3) is 0 Å². The Bertz CT molecular complexity index is 133. The molecule has 0 aromatic carbocycles. The van der Waals surface area contributed by atoms with Crippen molar-refractivity contribution in [3.05, 3.63) is 12.2 Å². The van der Waals surface area contributed by atoms with Gasteiger partial charge in [-0.15, -0.1) is 12.4 Å². The van der Waals surface area contributed by atoms with Crippen LogP contribution < -0.4 is 5.32 Å². The molecule has 0 atom stereocenters. The van der Waals surface area contributed by atoms with E-state index in [1.54, 1.807) is 6.92 Å². The highest BCUT2D eigenvalue weighted by atomic mass is 35.5. The van der Waals surface area contributed by atoms with Gasteiger partial charge in [0.15, 0.2) is 0 Å². The summed E-state index contributed by atoms with van der Waals surface area (Å²) < 4.78 is 0. The van der Waals surface area contributed by atoms with Crippen LogP contribution in [0.5, 0.6) is 0 Å². The molecule has 0 spiro atoms. The van der Waals surface area contributed by atoms with Gasteiger partial charge in [0.1, 0.15) is 0 Å². The van der Waals surface area contributed by atoms with Crippen LogP contribution in [-0.4, -0.2) is 24.2 Å². The lowest BCUT2D eigenvalue weighted by Crippen LogP contribution is -2.21. The third kappa shape index (κ3) is 14.3. The predicted octanol–water partition coefficient (Wildman–Crippen LogP) is 1.83. The molecule has 0 aliphatic carbocycles. The summed E-state index contributed by atoms with van der Waals surface area (Å²) in [5, 5.41) is 11.1. The average molecular weight is 208 g/mol. The fourth-order valence-electron chi connectivity index (χ4n) is 0.944. The van der Waals surface area contributed by atoms with Gasteiger partial charge in [-0.3, -0.25) is 0 Å². The molecule has 4 heteroatoms. The van der Waals surface area contributed by atoms with Gasteiger partial charge >= 0.3 is 5.97 Å². The summed E-state index contributed by atoms with van der Waals surface area (Å²) >= 11 is 0. The number of aliphatic carboxylic acids is 1. The number of hydrogen-bond donors (Lipinski definition) is 2. The molecule has 1 saturated heterocycles. The van der Waals surface area contributed by atoms with E-state index in [0.29, 0.717) is 0 Å². The molecule has 78 valence electrons. The molecule has 1 aliphatic heterocycles. The van der Waals surface area contributed by atoms with E-state index in [0.717, 1.165) is 6.08 Å². The van der Waals surface area contributed by atoms with Crippen molar-refractivity contribution in [2.75, 3.05) is 13.1 Å². The second kappa shape index (κ2) is 11.5. The first kappa shape index (κ1) is 15.0. The minimum absolute atomic E-state index is 0. The molecule has 13 heavy (non-hydrogen) atoms. The number of nitrogens with one attached hydrogen (secondary N) is 1. The molecule has 0 unspecified atom stereocenters. The summed E-state index contributed by atoms with van der Waals surface area (Å²) in [6.07, 6.45) is 6.77. The molecular weight excluding hydrogens is 190 g/mol. The number of halogens is 1. The van der Waals surface area contributed by atoms with Crippen molar-refractivity contribution in [1.82, 2.24) is 5.32 Å². The van der Waals surface area contributed by atoms with Gasteiger partial charge in [-0.1, -0.05) is 12.5 Å². The smallest absolute Gasteiger partial charge is 0.327 e. The molecule has 0 bridgehead atoms. The van der Waals surface area contributed by atoms with Gasteiger partial charge in [-0.05, 0) is 32.9 Å². The second-order valence-corrected chi connectivity index (χ2v) is 2.65. The minimum Gasteiger partial charge on any atom is -0.478 e. The molecule has 1 heterocycles. The van der Waals surface area contributed by atoms with Crippen LogP contribution >= 0.6 is 12.4 Å². The lowest BCUT2D eigenvalue weighted by Gasteiger charge is -2.08. The largest absolute Gasteiger partial charge is 0.478 e. The number of carboxylic acid groups (broad SMARTS) is 1. The Morgan fingerprint density at radius 1 is 1.31 bits per heavy atom.